The van der Waals surface area contributed by atoms with Crippen molar-refractivity contribution in [2.24, 2.45) is 5.73 Å². The van der Waals surface area contributed by atoms with E-state index in [1.807, 2.05) is 30.3 Å². The van der Waals surface area contributed by atoms with Crippen molar-refractivity contribution in [3.63, 3.8) is 0 Å². The lowest BCUT2D eigenvalue weighted by atomic mass is 10.1. The van der Waals surface area contributed by atoms with Crippen LogP contribution in [0.5, 0.6) is 0 Å². The fourth-order valence-electron chi connectivity index (χ4n) is 1.84. The van der Waals surface area contributed by atoms with Gasteiger partial charge in [0, 0.05) is 6.42 Å². The molecule has 0 unspecified atom stereocenters. The summed E-state index contributed by atoms with van der Waals surface area (Å²) in [5, 5.41) is 0. The van der Waals surface area contributed by atoms with Crippen LogP contribution >= 0.6 is 0 Å². The predicted molar refractivity (Wildman–Crippen MR) is 83.9 cm³/mol. The van der Waals surface area contributed by atoms with E-state index in [0.717, 1.165) is 31.2 Å². The summed E-state index contributed by atoms with van der Waals surface area (Å²) >= 11 is 0. The van der Waals surface area contributed by atoms with Gasteiger partial charge in [-0.2, -0.15) is 0 Å². The second kappa shape index (κ2) is 10.8. The second-order valence-electron chi connectivity index (χ2n) is 5.27. The summed E-state index contributed by atoms with van der Waals surface area (Å²) in [6.45, 7) is 2.31. The molecule has 0 aliphatic carbocycles. The average Bonchev–Trinajstić information content (AvgIpc) is 2.52. The number of benzene rings is 1. The van der Waals surface area contributed by atoms with E-state index in [2.05, 4.69) is 0 Å². The van der Waals surface area contributed by atoms with Crippen LogP contribution in [0.15, 0.2) is 30.3 Å². The third-order valence-corrected chi connectivity index (χ3v) is 3.13. The van der Waals surface area contributed by atoms with Gasteiger partial charge in [-0.1, -0.05) is 43.2 Å². The van der Waals surface area contributed by atoms with Crippen LogP contribution in [0.3, 0.4) is 0 Å². The summed E-state index contributed by atoms with van der Waals surface area (Å²) in [5.74, 6) is -0.545. The first-order chi connectivity index (χ1) is 10.6. The maximum Gasteiger partial charge on any atom is 0.322 e. The fraction of sp³-hybridized carbons (Fsp3) is 0.529. The van der Waals surface area contributed by atoms with Crippen molar-refractivity contribution < 1.29 is 19.1 Å². The van der Waals surface area contributed by atoms with E-state index in [1.54, 1.807) is 6.92 Å². The summed E-state index contributed by atoms with van der Waals surface area (Å²) in [6, 6.07) is 9.05. The molecule has 0 aromatic heterocycles. The highest BCUT2D eigenvalue weighted by Crippen LogP contribution is 2.07. The highest BCUT2D eigenvalue weighted by atomic mass is 16.5. The fourth-order valence-corrected chi connectivity index (χ4v) is 1.84. The Morgan fingerprint density at radius 2 is 1.73 bits per heavy atom. The molecular formula is C17H25NO4. The summed E-state index contributed by atoms with van der Waals surface area (Å²) in [7, 11) is 0. The molecule has 22 heavy (non-hydrogen) atoms. The van der Waals surface area contributed by atoms with E-state index in [-0.39, 0.29) is 11.9 Å². The van der Waals surface area contributed by atoms with Crippen LogP contribution in [0.1, 0.15) is 44.6 Å². The zero-order valence-electron chi connectivity index (χ0n) is 13.1. The molecule has 0 aliphatic rings. The summed E-state index contributed by atoms with van der Waals surface area (Å²) in [5.41, 5.74) is 6.37. The number of rotatable bonds is 10. The van der Waals surface area contributed by atoms with Gasteiger partial charge in [0.2, 0.25) is 0 Å². The molecule has 2 N–H and O–H groups in total. The lowest BCUT2D eigenvalue weighted by Crippen LogP contribution is -2.28. The smallest absolute Gasteiger partial charge is 0.322 e. The Labute approximate surface area is 131 Å². The first-order valence-electron chi connectivity index (χ1n) is 7.71. The molecule has 0 spiro atoms. The minimum atomic E-state index is -0.570. The van der Waals surface area contributed by atoms with Crippen molar-refractivity contribution in [1.29, 1.82) is 0 Å². The van der Waals surface area contributed by atoms with Gasteiger partial charge in [-0.3, -0.25) is 9.59 Å². The van der Waals surface area contributed by atoms with Gasteiger partial charge in [-0.05, 0) is 25.3 Å². The lowest BCUT2D eigenvalue weighted by molar-refractivity contribution is -0.145. The first kappa shape index (κ1) is 18.2. The number of carbonyl (C=O) groups excluding carboxylic acids is 2. The van der Waals surface area contributed by atoms with Crippen LogP contribution in [0.2, 0.25) is 0 Å². The number of hydrogen-bond donors (Lipinski definition) is 1. The van der Waals surface area contributed by atoms with Gasteiger partial charge in [-0.25, -0.2) is 0 Å². The zero-order valence-corrected chi connectivity index (χ0v) is 13.1. The largest absolute Gasteiger partial charge is 0.465 e. The van der Waals surface area contributed by atoms with E-state index in [0.29, 0.717) is 19.6 Å². The molecule has 0 saturated carbocycles. The summed E-state index contributed by atoms with van der Waals surface area (Å²) in [4.78, 5) is 22.7. The Morgan fingerprint density at radius 1 is 1.05 bits per heavy atom. The van der Waals surface area contributed by atoms with Crippen LogP contribution in [0.4, 0.5) is 0 Å². The number of ether oxygens (including phenoxy) is 2. The quantitative estimate of drug-likeness (QED) is 0.531. The number of carbonyl (C=O) groups is 2. The van der Waals surface area contributed by atoms with E-state index < -0.39 is 6.04 Å². The molecule has 0 heterocycles. The second-order valence-corrected chi connectivity index (χ2v) is 5.27. The molecule has 1 atom stereocenters. The Kier molecular flexibility index (Phi) is 8.91. The molecule has 1 aromatic carbocycles. The molecule has 5 nitrogen and oxygen atoms in total. The molecule has 0 saturated heterocycles. The SMILES string of the molecule is C[C@H](N)C(=O)OCCCCCCC(=O)OCc1ccccc1. The van der Waals surface area contributed by atoms with Crippen molar-refractivity contribution in [3.05, 3.63) is 35.9 Å². The highest BCUT2D eigenvalue weighted by Gasteiger charge is 2.07. The molecule has 0 radical (unpaired) electrons. The van der Waals surface area contributed by atoms with Gasteiger partial charge in [0.15, 0.2) is 0 Å². The molecule has 5 heteroatoms. The lowest BCUT2D eigenvalue weighted by Gasteiger charge is -2.07. The molecular weight excluding hydrogens is 282 g/mol. The third kappa shape index (κ3) is 8.42. The van der Waals surface area contributed by atoms with E-state index in [1.165, 1.54) is 0 Å². The van der Waals surface area contributed by atoms with Crippen molar-refractivity contribution in [2.45, 2.75) is 51.7 Å². The van der Waals surface area contributed by atoms with Crippen molar-refractivity contribution in [2.75, 3.05) is 6.61 Å². The Bertz CT molecular complexity index is 445. The molecule has 122 valence electrons. The zero-order chi connectivity index (χ0) is 16.2. The van der Waals surface area contributed by atoms with Crippen LogP contribution < -0.4 is 5.73 Å². The van der Waals surface area contributed by atoms with Crippen LogP contribution in [0.25, 0.3) is 0 Å². The number of unbranched alkanes of at least 4 members (excludes halogenated alkanes) is 3. The molecule has 1 aromatic rings. The van der Waals surface area contributed by atoms with Gasteiger partial charge in [-0.15, -0.1) is 0 Å². The predicted octanol–water partition coefficient (Wildman–Crippen LogP) is 2.57. The van der Waals surface area contributed by atoms with Gasteiger partial charge in [0.1, 0.15) is 12.6 Å². The number of esters is 2. The van der Waals surface area contributed by atoms with E-state index in [4.69, 9.17) is 15.2 Å². The van der Waals surface area contributed by atoms with Crippen molar-refractivity contribution in [1.82, 2.24) is 0 Å². The number of nitrogens with two attached hydrogens (primary N) is 1. The van der Waals surface area contributed by atoms with Gasteiger partial charge in [0.05, 0.1) is 6.61 Å². The van der Waals surface area contributed by atoms with Crippen LogP contribution in [0, 0.1) is 0 Å². The minimum absolute atomic E-state index is 0.174. The van der Waals surface area contributed by atoms with Gasteiger partial charge >= 0.3 is 11.9 Å². The summed E-state index contributed by atoms with van der Waals surface area (Å²) in [6.07, 6.45) is 3.83. The monoisotopic (exact) mass is 307 g/mol. The van der Waals surface area contributed by atoms with Crippen molar-refractivity contribution >= 4 is 11.9 Å². The van der Waals surface area contributed by atoms with Gasteiger partial charge in [0.25, 0.3) is 0 Å². The minimum Gasteiger partial charge on any atom is -0.465 e. The van der Waals surface area contributed by atoms with Crippen LogP contribution in [-0.4, -0.2) is 24.6 Å². The topological polar surface area (TPSA) is 78.6 Å². The van der Waals surface area contributed by atoms with Crippen molar-refractivity contribution in [3.8, 4) is 0 Å². The van der Waals surface area contributed by atoms with E-state index in [9.17, 15) is 9.59 Å². The normalized spacial score (nSPS) is 11.7. The third-order valence-electron chi connectivity index (χ3n) is 3.13. The Morgan fingerprint density at radius 3 is 2.41 bits per heavy atom. The number of hydrogen-bond acceptors (Lipinski definition) is 5. The maximum absolute atomic E-state index is 11.6. The molecule has 0 fully saturated rings. The van der Waals surface area contributed by atoms with E-state index >= 15 is 0 Å². The molecule has 0 aliphatic heterocycles. The molecule has 0 amide bonds. The Hall–Kier alpha value is -1.88. The standard InChI is InChI=1S/C17H25NO4/c1-14(18)17(20)21-12-8-3-2-7-11-16(19)22-13-15-9-5-4-6-10-15/h4-6,9-10,14H,2-3,7-8,11-13,18H2,1H3/t14-/m0/s1. The Balaban J connectivity index is 1.96. The first-order valence-corrected chi connectivity index (χ1v) is 7.71. The maximum atomic E-state index is 11.6. The summed E-state index contributed by atoms with van der Waals surface area (Å²) < 4.78 is 10.2. The highest BCUT2D eigenvalue weighted by molar-refractivity contribution is 5.74. The van der Waals surface area contributed by atoms with Gasteiger partial charge < -0.3 is 15.2 Å². The van der Waals surface area contributed by atoms with Crippen LogP contribution in [-0.2, 0) is 25.7 Å². The average molecular weight is 307 g/mol. The molecule has 0 bridgehead atoms. The molecule has 1 rings (SSSR count).